The van der Waals surface area contributed by atoms with Crippen LogP contribution in [0, 0.1) is 0 Å². The number of H-pyrrole nitrogens is 1. The van der Waals surface area contributed by atoms with Gasteiger partial charge in [-0.05, 0) is 12.1 Å². The fraction of sp³-hybridized carbons (Fsp3) is 0.200. The van der Waals surface area contributed by atoms with Crippen molar-refractivity contribution in [2.45, 2.75) is 11.3 Å². The number of benzene rings is 1. The molecule has 102 valence electrons. The molecule has 1 heterocycles. The molecular weight excluding hydrogens is 276 g/mol. The van der Waals surface area contributed by atoms with Crippen LogP contribution in [0.15, 0.2) is 32.3 Å². The topological polar surface area (TPSA) is 129 Å². The average Bonchev–Trinajstić information content (AvgIpc) is 2.67. The van der Waals surface area contributed by atoms with E-state index in [1.54, 1.807) is 0 Å². The van der Waals surface area contributed by atoms with Crippen LogP contribution in [0.1, 0.15) is 6.42 Å². The van der Waals surface area contributed by atoms with Crippen molar-refractivity contribution in [1.29, 1.82) is 0 Å². The van der Waals surface area contributed by atoms with E-state index in [1.165, 1.54) is 18.2 Å². The summed E-state index contributed by atoms with van der Waals surface area (Å²) in [5.74, 6) is -1.78. The molecule has 1 aromatic heterocycles. The molecule has 0 aliphatic rings. The molecule has 0 unspecified atom stereocenters. The second-order valence-corrected chi connectivity index (χ2v) is 5.48. The molecule has 0 saturated heterocycles. The number of oxazole rings is 1. The Morgan fingerprint density at radius 1 is 1.42 bits per heavy atom. The third kappa shape index (κ3) is 3.01. The molecule has 1 aromatic carbocycles. The molecule has 0 radical (unpaired) electrons. The molecule has 8 nitrogen and oxygen atoms in total. The van der Waals surface area contributed by atoms with Gasteiger partial charge in [0.1, 0.15) is 0 Å². The molecule has 3 N–H and O–H groups in total. The SMILES string of the molecule is O=C(O)CCNS(=O)(=O)c1ccc2[nH]c(=O)oc2c1. The quantitative estimate of drug-likeness (QED) is 0.702. The fourth-order valence-electron chi connectivity index (χ4n) is 1.47. The number of hydrogen-bond acceptors (Lipinski definition) is 5. The average molecular weight is 286 g/mol. The van der Waals surface area contributed by atoms with Gasteiger partial charge in [0.2, 0.25) is 10.0 Å². The first kappa shape index (κ1) is 13.3. The summed E-state index contributed by atoms with van der Waals surface area (Å²) in [6, 6.07) is 3.87. The predicted molar refractivity (Wildman–Crippen MR) is 64.3 cm³/mol. The van der Waals surface area contributed by atoms with Crippen LogP contribution in [0.2, 0.25) is 0 Å². The number of carbonyl (C=O) groups is 1. The minimum absolute atomic E-state index is 0.104. The summed E-state index contributed by atoms with van der Waals surface area (Å²) in [6.45, 7) is -0.215. The van der Waals surface area contributed by atoms with Crippen LogP contribution >= 0.6 is 0 Å². The molecule has 0 bridgehead atoms. The maximum absolute atomic E-state index is 11.8. The normalized spacial score (nSPS) is 11.8. The number of hydrogen-bond donors (Lipinski definition) is 3. The van der Waals surface area contributed by atoms with Crippen molar-refractivity contribution in [3.8, 4) is 0 Å². The molecular formula is C10H10N2O6S. The van der Waals surface area contributed by atoms with E-state index in [9.17, 15) is 18.0 Å². The van der Waals surface area contributed by atoms with Gasteiger partial charge in [0.25, 0.3) is 0 Å². The Balaban J connectivity index is 2.26. The summed E-state index contributed by atoms with van der Waals surface area (Å²) < 4.78 is 30.5. The van der Waals surface area contributed by atoms with Gasteiger partial charge in [0.15, 0.2) is 5.58 Å². The summed E-state index contributed by atoms with van der Waals surface area (Å²) in [5, 5.41) is 8.44. The first-order valence-corrected chi connectivity index (χ1v) is 6.71. The third-order valence-corrected chi connectivity index (χ3v) is 3.79. The van der Waals surface area contributed by atoms with E-state index in [0.29, 0.717) is 5.52 Å². The van der Waals surface area contributed by atoms with Gasteiger partial charge in [0, 0.05) is 12.6 Å². The highest BCUT2D eigenvalue weighted by Crippen LogP contribution is 2.16. The van der Waals surface area contributed by atoms with E-state index in [1.807, 2.05) is 0 Å². The van der Waals surface area contributed by atoms with Gasteiger partial charge in [-0.15, -0.1) is 0 Å². The van der Waals surface area contributed by atoms with Crippen molar-refractivity contribution in [2.24, 2.45) is 0 Å². The van der Waals surface area contributed by atoms with Crippen molar-refractivity contribution < 1.29 is 22.7 Å². The summed E-state index contributed by atoms with van der Waals surface area (Å²) >= 11 is 0. The Kier molecular flexibility index (Phi) is 3.40. The molecule has 0 fully saturated rings. The van der Waals surface area contributed by atoms with Crippen molar-refractivity contribution in [3.63, 3.8) is 0 Å². The number of carboxylic acid groups (broad SMARTS) is 1. The molecule has 9 heteroatoms. The van der Waals surface area contributed by atoms with Gasteiger partial charge in [0.05, 0.1) is 16.8 Å². The van der Waals surface area contributed by atoms with Crippen LogP contribution in [-0.2, 0) is 14.8 Å². The monoisotopic (exact) mass is 286 g/mol. The Labute approximate surface area is 107 Å². The number of sulfonamides is 1. The number of fused-ring (bicyclic) bond motifs is 1. The zero-order valence-electron chi connectivity index (χ0n) is 9.54. The maximum Gasteiger partial charge on any atom is 0.417 e. The Morgan fingerprint density at radius 3 is 2.84 bits per heavy atom. The highest BCUT2D eigenvalue weighted by molar-refractivity contribution is 7.89. The van der Waals surface area contributed by atoms with Crippen LogP contribution in [-0.4, -0.2) is 31.0 Å². The Hall–Kier alpha value is -2.13. The molecule has 0 amide bonds. The van der Waals surface area contributed by atoms with Crippen molar-refractivity contribution in [3.05, 3.63) is 28.7 Å². The molecule has 0 saturated carbocycles. The van der Waals surface area contributed by atoms with Gasteiger partial charge in [-0.3, -0.25) is 9.78 Å². The van der Waals surface area contributed by atoms with Crippen molar-refractivity contribution >= 4 is 27.1 Å². The summed E-state index contributed by atoms with van der Waals surface area (Å²) in [4.78, 5) is 23.5. The molecule has 0 atom stereocenters. The highest BCUT2D eigenvalue weighted by atomic mass is 32.2. The van der Waals surface area contributed by atoms with E-state index in [0.717, 1.165) is 0 Å². The van der Waals surface area contributed by atoms with E-state index in [4.69, 9.17) is 9.52 Å². The van der Waals surface area contributed by atoms with E-state index in [-0.39, 0.29) is 23.4 Å². The fourth-order valence-corrected chi connectivity index (χ4v) is 2.52. The lowest BCUT2D eigenvalue weighted by molar-refractivity contribution is -0.136. The van der Waals surface area contributed by atoms with Crippen LogP contribution < -0.4 is 10.5 Å². The molecule has 0 aliphatic heterocycles. The minimum atomic E-state index is -3.83. The molecule has 2 aromatic rings. The van der Waals surface area contributed by atoms with Gasteiger partial charge < -0.3 is 9.52 Å². The van der Waals surface area contributed by atoms with Gasteiger partial charge in [-0.25, -0.2) is 17.9 Å². The maximum atomic E-state index is 11.8. The molecule has 0 aliphatic carbocycles. The smallest absolute Gasteiger partial charge is 0.417 e. The van der Waals surface area contributed by atoms with Gasteiger partial charge in [-0.2, -0.15) is 0 Å². The number of nitrogens with one attached hydrogen (secondary N) is 2. The second-order valence-electron chi connectivity index (χ2n) is 3.71. The highest BCUT2D eigenvalue weighted by Gasteiger charge is 2.15. The Morgan fingerprint density at radius 2 is 2.16 bits per heavy atom. The van der Waals surface area contributed by atoms with Gasteiger partial charge >= 0.3 is 11.7 Å². The summed E-state index contributed by atoms with van der Waals surface area (Å²) in [7, 11) is -3.83. The lowest BCUT2D eigenvalue weighted by atomic mass is 10.3. The summed E-state index contributed by atoms with van der Waals surface area (Å²) in [5.41, 5.74) is 0.501. The minimum Gasteiger partial charge on any atom is -0.481 e. The standard InChI is InChI=1S/C10H10N2O6S/c13-9(14)3-4-11-19(16,17)6-1-2-7-8(5-6)18-10(15)12-7/h1-2,5,11H,3-4H2,(H,12,15)(H,13,14). The third-order valence-electron chi connectivity index (χ3n) is 2.33. The number of rotatable bonds is 5. The van der Waals surface area contributed by atoms with E-state index < -0.39 is 21.7 Å². The molecule has 2 rings (SSSR count). The van der Waals surface area contributed by atoms with Crippen LogP contribution in [0.25, 0.3) is 11.1 Å². The number of aromatic nitrogens is 1. The van der Waals surface area contributed by atoms with Crippen LogP contribution in [0.5, 0.6) is 0 Å². The van der Waals surface area contributed by atoms with Crippen molar-refractivity contribution in [2.75, 3.05) is 6.54 Å². The van der Waals surface area contributed by atoms with Crippen LogP contribution in [0.4, 0.5) is 0 Å². The summed E-state index contributed by atoms with van der Waals surface area (Å²) in [6.07, 6.45) is -0.319. The lowest BCUT2D eigenvalue weighted by Gasteiger charge is -2.04. The number of carboxylic acids is 1. The van der Waals surface area contributed by atoms with Gasteiger partial charge in [-0.1, -0.05) is 0 Å². The van der Waals surface area contributed by atoms with Crippen molar-refractivity contribution in [1.82, 2.24) is 9.71 Å². The van der Waals surface area contributed by atoms with Crippen LogP contribution in [0.3, 0.4) is 0 Å². The van der Waals surface area contributed by atoms with E-state index in [2.05, 4.69) is 9.71 Å². The number of aliphatic carboxylic acids is 1. The first-order chi connectivity index (χ1) is 8.88. The first-order valence-electron chi connectivity index (χ1n) is 5.23. The Bertz CT molecular complexity index is 773. The largest absolute Gasteiger partial charge is 0.481 e. The predicted octanol–water partition coefficient (Wildman–Crippen LogP) is -0.126. The zero-order chi connectivity index (χ0) is 14.0. The molecule has 0 spiro atoms. The molecule has 19 heavy (non-hydrogen) atoms. The zero-order valence-corrected chi connectivity index (χ0v) is 10.4. The second kappa shape index (κ2) is 4.86. The van der Waals surface area contributed by atoms with E-state index >= 15 is 0 Å². The lowest BCUT2D eigenvalue weighted by Crippen LogP contribution is -2.26. The number of aromatic amines is 1.